The van der Waals surface area contributed by atoms with E-state index in [0.717, 1.165) is 43.0 Å². The Morgan fingerprint density at radius 3 is 2.70 bits per heavy atom. The van der Waals surface area contributed by atoms with Crippen molar-refractivity contribution < 1.29 is 0 Å². The van der Waals surface area contributed by atoms with Crippen LogP contribution in [-0.4, -0.2) is 65.1 Å². The number of nitrogens with one attached hydrogen (secondary N) is 1. The molecule has 0 atom stereocenters. The van der Waals surface area contributed by atoms with Gasteiger partial charge in [0.1, 0.15) is 0 Å². The van der Waals surface area contributed by atoms with E-state index >= 15 is 0 Å². The lowest BCUT2D eigenvalue weighted by Crippen LogP contribution is -2.50. The molecule has 0 bridgehead atoms. The molecule has 2 heterocycles. The SMILES string of the molecule is CN=C(NCc1cnc(N(C)C)n1C)N1CCSC(C)(C)C1.I. The maximum absolute atomic E-state index is 4.45. The van der Waals surface area contributed by atoms with Crippen LogP contribution in [0.1, 0.15) is 19.5 Å². The molecule has 0 saturated carbocycles. The van der Waals surface area contributed by atoms with Crippen molar-refractivity contribution in [2.45, 2.75) is 25.1 Å². The van der Waals surface area contributed by atoms with E-state index < -0.39 is 0 Å². The minimum Gasteiger partial charge on any atom is -0.351 e. The van der Waals surface area contributed by atoms with E-state index in [1.807, 2.05) is 51.0 Å². The summed E-state index contributed by atoms with van der Waals surface area (Å²) in [5.41, 5.74) is 1.15. The zero-order chi connectivity index (χ0) is 16.3. The quantitative estimate of drug-likeness (QED) is 0.432. The molecule has 0 radical (unpaired) electrons. The van der Waals surface area contributed by atoms with E-state index in [9.17, 15) is 0 Å². The van der Waals surface area contributed by atoms with Crippen molar-refractivity contribution in [3.8, 4) is 0 Å². The average Bonchev–Trinajstić information content (AvgIpc) is 2.80. The molecule has 0 aromatic carbocycles. The maximum atomic E-state index is 4.45. The van der Waals surface area contributed by atoms with E-state index in [2.05, 4.69) is 38.6 Å². The summed E-state index contributed by atoms with van der Waals surface area (Å²) in [6.45, 7) is 7.38. The third-order valence-electron chi connectivity index (χ3n) is 3.82. The molecule has 23 heavy (non-hydrogen) atoms. The molecule has 0 spiro atoms. The Morgan fingerprint density at radius 1 is 1.48 bits per heavy atom. The van der Waals surface area contributed by atoms with Gasteiger partial charge in [-0.15, -0.1) is 24.0 Å². The van der Waals surface area contributed by atoms with Crippen LogP contribution in [-0.2, 0) is 13.6 Å². The molecule has 132 valence electrons. The maximum Gasteiger partial charge on any atom is 0.204 e. The van der Waals surface area contributed by atoms with Gasteiger partial charge in [-0.3, -0.25) is 4.99 Å². The molecule has 0 unspecified atom stereocenters. The molecule has 1 N–H and O–H groups in total. The molecule has 2 rings (SSSR count). The number of anilines is 1. The Kier molecular flexibility index (Phi) is 7.50. The van der Waals surface area contributed by atoms with Gasteiger partial charge < -0.3 is 19.7 Å². The van der Waals surface area contributed by atoms with Crippen molar-refractivity contribution in [2.24, 2.45) is 12.0 Å². The predicted octanol–water partition coefficient (Wildman–Crippen LogP) is 2.01. The second kappa shape index (κ2) is 8.46. The molecular formula is C15H29IN6S. The van der Waals surface area contributed by atoms with Gasteiger partial charge in [0, 0.05) is 51.8 Å². The minimum absolute atomic E-state index is 0. The van der Waals surface area contributed by atoms with Crippen molar-refractivity contribution in [1.82, 2.24) is 19.8 Å². The van der Waals surface area contributed by atoms with Crippen LogP contribution in [0.3, 0.4) is 0 Å². The Bertz CT molecular complexity index is 540. The fourth-order valence-corrected chi connectivity index (χ4v) is 3.82. The van der Waals surface area contributed by atoms with Gasteiger partial charge in [-0.25, -0.2) is 4.98 Å². The molecule has 0 aliphatic carbocycles. The van der Waals surface area contributed by atoms with Gasteiger partial charge in [-0.2, -0.15) is 11.8 Å². The van der Waals surface area contributed by atoms with Gasteiger partial charge in [0.15, 0.2) is 5.96 Å². The number of hydrogen-bond donors (Lipinski definition) is 1. The molecule has 1 aromatic rings. The van der Waals surface area contributed by atoms with Crippen LogP contribution in [0, 0.1) is 0 Å². The first kappa shape index (κ1) is 20.4. The van der Waals surface area contributed by atoms with Crippen LogP contribution >= 0.6 is 35.7 Å². The summed E-state index contributed by atoms with van der Waals surface area (Å²) in [5.74, 6) is 3.08. The topological polar surface area (TPSA) is 48.7 Å². The van der Waals surface area contributed by atoms with Gasteiger partial charge >= 0.3 is 0 Å². The molecule has 0 amide bonds. The molecule has 6 nitrogen and oxygen atoms in total. The van der Waals surface area contributed by atoms with E-state index in [1.165, 1.54) is 0 Å². The molecule has 1 aliphatic rings. The zero-order valence-corrected chi connectivity index (χ0v) is 18.1. The van der Waals surface area contributed by atoms with Crippen LogP contribution in [0.5, 0.6) is 0 Å². The number of imidazole rings is 1. The first-order valence-corrected chi connectivity index (χ1v) is 8.60. The first-order chi connectivity index (χ1) is 10.3. The van der Waals surface area contributed by atoms with Crippen LogP contribution in [0.25, 0.3) is 0 Å². The highest BCUT2D eigenvalue weighted by molar-refractivity contribution is 14.0. The lowest BCUT2D eigenvalue weighted by Gasteiger charge is -2.39. The van der Waals surface area contributed by atoms with Crippen molar-refractivity contribution in [1.29, 1.82) is 0 Å². The Labute approximate surface area is 161 Å². The van der Waals surface area contributed by atoms with Gasteiger partial charge in [0.25, 0.3) is 0 Å². The fourth-order valence-electron chi connectivity index (χ4n) is 2.71. The largest absolute Gasteiger partial charge is 0.351 e. The minimum atomic E-state index is 0. The number of thioether (sulfide) groups is 1. The highest BCUT2D eigenvalue weighted by atomic mass is 127. The fraction of sp³-hybridized carbons (Fsp3) is 0.733. The van der Waals surface area contributed by atoms with Crippen molar-refractivity contribution >= 4 is 47.6 Å². The van der Waals surface area contributed by atoms with Gasteiger partial charge in [0.2, 0.25) is 5.95 Å². The summed E-state index contributed by atoms with van der Waals surface area (Å²) in [5, 5.41) is 3.47. The molecular weight excluding hydrogens is 423 g/mol. The Balaban J connectivity index is 0.00000264. The van der Waals surface area contributed by atoms with Crippen molar-refractivity contribution in [3.05, 3.63) is 11.9 Å². The van der Waals surface area contributed by atoms with Crippen molar-refractivity contribution in [2.75, 3.05) is 44.9 Å². The molecule has 1 aromatic heterocycles. The monoisotopic (exact) mass is 452 g/mol. The third kappa shape index (κ3) is 5.17. The Hall–Kier alpha value is -0.640. The van der Waals surface area contributed by atoms with Gasteiger partial charge in [0.05, 0.1) is 18.4 Å². The summed E-state index contributed by atoms with van der Waals surface area (Å²) in [7, 11) is 7.91. The lowest BCUT2D eigenvalue weighted by atomic mass is 10.2. The second-order valence-electron chi connectivity index (χ2n) is 6.43. The lowest BCUT2D eigenvalue weighted by molar-refractivity contribution is 0.375. The predicted molar refractivity (Wildman–Crippen MR) is 111 cm³/mol. The average molecular weight is 452 g/mol. The number of guanidine groups is 1. The van der Waals surface area contributed by atoms with Gasteiger partial charge in [-0.05, 0) is 13.8 Å². The smallest absolute Gasteiger partial charge is 0.204 e. The molecule has 1 saturated heterocycles. The highest BCUT2D eigenvalue weighted by Gasteiger charge is 2.28. The number of aliphatic imine (C=N–C) groups is 1. The van der Waals surface area contributed by atoms with E-state index in [4.69, 9.17) is 0 Å². The number of nitrogens with zero attached hydrogens (tertiary/aromatic N) is 5. The zero-order valence-electron chi connectivity index (χ0n) is 15.0. The number of rotatable bonds is 3. The highest BCUT2D eigenvalue weighted by Crippen LogP contribution is 2.29. The van der Waals surface area contributed by atoms with E-state index in [1.54, 1.807) is 0 Å². The first-order valence-electron chi connectivity index (χ1n) is 7.61. The van der Waals surface area contributed by atoms with Crippen molar-refractivity contribution in [3.63, 3.8) is 0 Å². The van der Waals surface area contributed by atoms with Crippen LogP contribution in [0.4, 0.5) is 5.95 Å². The number of halogens is 1. The normalized spacial score (nSPS) is 17.7. The van der Waals surface area contributed by atoms with Crippen LogP contribution in [0.15, 0.2) is 11.2 Å². The van der Waals surface area contributed by atoms with Crippen LogP contribution < -0.4 is 10.2 Å². The number of aromatic nitrogens is 2. The van der Waals surface area contributed by atoms with Crippen LogP contribution in [0.2, 0.25) is 0 Å². The summed E-state index contributed by atoms with van der Waals surface area (Å²) < 4.78 is 2.39. The molecule has 8 heteroatoms. The summed E-state index contributed by atoms with van der Waals surface area (Å²) in [6.07, 6.45) is 1.92. The standard InChI is InChI=1S/C15H28N6S.HI/c1-15(2)11-21(7-8-22-15)13(16-3)17-9-12-10-18-14(19(4)5)20(12)6;/h10H,7-9,11H2,1-6H3,(H,16,17);1H. The molecule has 1 aliphatic heterocycles. The summed E-state index contributed by atoms with van der Waals surface area (Å²) >= 11 is 2.03. The summed E-state index contributed by atoms with van der Waals surface area (Å²) in [4.78, 5) is 13.3. The second-order valence-corrected chi connectivity index (χ2v) is 8.24. The number of hydrogen-bond acceptors (Lipinski definition) is 4. The van der Waals surface area contributed by atoms with E-state index in [-0.39, 0.29) is 28.7 Å². The Morgan fingerprint density at radius 2 is 2.17 bits per heavy atom. The third-order valence-corrected chi connectivity index (χ3v) is 5.12. The van der Waals surface area contributed by atoms with Gasteiger partial charge in [-0.1, -0.05) is 0 Å². The molecule has 1 fully saturated rings. The summed E-state index contributed by atoms with van der Waals surface area (Å²) in [6, 6.07) is 0. The van der Waals surface area contributed by atoms with E-state index in [0.29, 0.717) is 0 Å².